The zero-order valence-electron chi connectivity index (χ0n) is 13.9. The van der Waals surface area contributed by atoms with Crippen LogP contribution in [-0.2, 0) is 4.74 Å². The Morgan fingerprint density at radius 2 is 1.55 bits per heavy atom. The van der Waals surface area contributed by atoms with Crippen molar-refractivity contribution in [3.05, 3.63) is 35.4 Å². The molecule has 0 unspecified atom stereocenters. The van der Waals surface area contributed by atoms with Gasteiger partial charge in [0.15, 0.2) is 0 Å². The second kappa shape index (κ2) is 7.37. The van der Waals surface area contributed by atoms with Crippen molar-refractivity contribution in [2.75, 3.05) is 7.11 Å². The zero-order valence-corrected chi connectivity index (χ0v) is 13.9. The number of benzene rings is 1. The minimum Gasteiger partial charge on any atom is -0.497 e. The normalized spacial score (nSPS) is 11.1. The van der Waals surface area contributed by atoms with Gasteiger partial charge in [0.2, 0.25) is 0 Å². The summed E-state index contributed by atoms with van der Waals surface area (Å²) in [5.41, 5.74) is 2.45. The molecule has 0 aliphatic heterocycles. The summed E-state index contributed by atoms with van der Waals surface area (Å²) < 4.78 is 11.5. The maximum atomic E-state index is 6.14. The van der Waals surface area contributed by atoms with Gasteiger partial charge in [-0.2, -0.15) is 0 Å². The van der Waals surface area contributed by atoms with Crippen molar-refractivity contribution in [2.45, 2.75) is 47.6 Å². The molecule has 2 nitrogen and oxygen atoms in total. The van der Waals surface area contributed by atoms with Crippen molar-refractivity contribution in [1.29, 1.82) is 0 Å². The van der Waals surface area contributed by atoms with E-state index in [0.29, 0.717) is 11.8 Å². The molecule has 1 aromatic carbocycles. The molecular weight excluding hydrogens is 248 g/mol. The van der Waals surface area contributed by atoms with Crippen LogP contribution in [0.3, 0.4) is 0 Å². The summed E-state index contributed by atoms with van der Waals surface area (Å²) in [5, 5.41) is 0. The third-order valence-corrected chi connectivity index (χ3v) is 3.19. The number of ether oxygens (including phenoxy) is 2. The Labute approximate surface area is 123 Å². The second-order valence-corrected chi connectivity index (χ2v) is 5.99. The van der Waals surface area contributed by atoms with Gasteiger partial charge in [-0.05, 0) is 43.4 Å². The summed E-state index contributed by atoms with van der Waals surface area (Å²) in [4.78, 5) is 0. The van der Waals surface area contributed by atoms with Crippen molar-refractivity contribution in [1.82, 2.24) is 0 Å². The average molecular weight is 276 g/mol. The number of allylic oxidation sites excluding steroid dienone is 1. The largest absolute Gasteiger partial charge is 0.497 e. The lowest BCUT2D eigenvalue weighted by atomic mass is 9.89. The predicted molar refractivity (Wildman–Crippen MR) is 85.8 cm³/mol. The topological polar surface area (TPSA) is 18.5 Å². The smallest absolute Gasteiger partial charge is 0.126 e. The minimum absolute atomic E-state index is 0.156. The lowest BCUT2D eigenvalue weighted by Gasteiger charge is -2.24. The summed E-state index contributed by atoms with van der Waals surface area (Å²) in [6.07, 6.45) is 0.156. The highest BCUT2D eigenvalue weighted by Gasteiger charge is 2.19. The van der Waals surface area contributed by atoms with Crippen LogP contribution >= 0.6 is 0 Å². The molecule has 112 valence electrons. The van der Waals surface area contributed by atoms with E-state index < -0.39 is 0 Å². The minimum atomic E-state index is 0.156. The van der Waals surface area contributed by atoms with Crippen LogP contribution in [0.25, 0.3) is 5.76 Å². The van der Waals surface area contributed by atoms with Crippen LogP contribution in [0.1, 0.15) is 47.1 Å². The van der Waals surface area contributed by atoms with Crippen LogP contribution in [0.2, 0.25) is 0 Å². The molecular formula is C18H28O2. The van der Waals surface area contributed by atoms with E-state index in [1.165, 1.54) is 5.57 Å². The van der Waals surface area contributed by atoms with Crippen LogP contribution in [0.15, 0.2) is 29.8 Å². The average Bonchev–Trinajstić information content (AvgIpc) is 2.36. The second-order valence-electron chi connectivity index (χ2n) is 5.99. The number of hydrogen-bond acceptors (Lipinski definition) is 2. The molecule has 0 spiro atoms. The molecule has 0 radical (unpaired) electrons. The Hall–Kier alpha value is -1.44. The summed E-state index contributed by atoms with van der Waals surface area (Å²) in [6, 6.07) is 8.10. The Morgan fingerprint density at radius 1 is 0.950 bits per heavy atom. The molecule has 0 aliphatic carbocycles. The van der Waals surface area contributed by atoms with Gasteiger partial charge in [-0.25, -0.2) is 0 Å². The van der Waals surface area contributed by atoms with Gasteiger partial charge in [0.1, 0.15) is 11.5 Å². The molecule has 0 atom stereocenters. The molecule has 2 heteroatoms. The first-order chi connectivity index (χ1) is 9.36. The van der Waals surface area contributed by atoms with E-state index in [1.54, 1.807) is 7.11 Å². The van der Waals surface area contributed by atoms with Crippen molar-refractivity contribution < 1.29 is 9.47 Å². The van der Waals surface area contributed by atoms with Crippen molar-refractivity contribution in [3.8, 4) is 5.75 Å². The molecule has 0 aliphatic rings. The van der Waals surface area contributed by atoms with Crippen LogP contribution in [0.5, 0.6) is 5.75 Å². The van der Waals surface area contributed by atoms with E-state index in [2.05, 4.69) is 47.6 Å². The fourth-order valence-corrected chi connectivity index (χ4v) is 2.49. The lowest BCUT2D eigenvalue weighted by molar-refractivity contribution is 0.199. The molecule has 0 amide bonds. The number of rotatable bonds is 6. The summed E-state index contributed by atoms with van der Waals surface area (Å²) in [6.45, 7) is 13.0. The van der Waals surface area contributed by atoms with Crippen molar-refractivity contribution in [2.24, 2.45) is 11.8 Å². The number of hydrogen-bond donors (Lipinski definition) is 0. The van der Waals surface area contributed by atoms with Gasteiger partial charge in [0.05, 0.1) is 13.2 Å². The summed E-state index contributed by atoms with van der Waals surface area (Å²) in [5.74, 6) is 2.77. The fraction of sp³-hybridized carbons (Fsp3) is 0.556. The fourth-order valence-electron chi connectivity index (χ4n) is 2.49. The molecule has 1 aromatic rings. The van der Waals surface area contributed by atoms with Gasteiger partial charge in [-0.3, -0.25) is 0 Å². The molecule has 0 aromatic heterocycles. The van der Waals surface area contributed by atoms with Crippen molar-refractivity contribution >= 4 is 5.76 Å². The summed E-state index contributed by atoms with van der Waals surface area (Å²) >= 11 is 0. The monoisotopic (exact) mass is 276 g/mol. The molecule has 0 heterocycles. The maximum Gasteiger partial charge on any atom is 0.126 e. The van der Waals surface area contributed by atoms with Crippen LogP contribution < -0.4 is 4.74 Å². The highest BCUT2D eigenvalue weighted by Crippen LogP contribution is 2.32. The van der Waals surface area contributed by atoms with E-state index in [1.807, 2.05) is 18.2 Å². The van der Waals surface area contributed by atoms with Gasteiger partial charge in [0.25, 0.3) is 0 Å². The molecule has 0 N–H and O–H groups in total. The number of methoxy groups -OCH3 is 1. The van der Waals surface area contributed by atoms with E-state index >= 15 is 0 Å². The Balaban J connectivity index is 3.40. The molecule has 0 saturated heterocycles. The van der Waals surface area contributed by atoms with Gasteiger partial charge >= 0.3 is 0 Å². The first-order valence-electron chi connectivity index (χ1n) is 7.42. The highest BCUT2D eigenvalue weighted by atomic mass is 16.5. The van der Waals surface area contributed by atoms with Crippen LogP contribution in [0, 0.1) is 11.8 Å². The van der Waals surface area contributed by atoms with E-state index in [-0.39, 0.29) is 6.10 Å². The first-order valence-corrected chi connectivity index (χ1v) is 7.42. The highest BCUT2D eigenvalue weighted by molar-refractivity contribution is 5.65. The quantitative estimate of drug-likeness (QED) is 0.669. The molecule has 0 saturated carbocycles. The Bertz CT molecular complexity index is 446. The van der Waals surface area contributed by atoms with Gasteiger partial charge < -0.3 is 9.47 Å². The lowest BCUT2D eigenvalue weighted by Crippen LogP contribution is -2.11. The van der Waals surface area contributed by atoms with E-state index in [9.17, 15) is 0 Å². The van der Waals surface area contributed by atoms with Crippen LogP contribution in [0.4, 0.5) is 0 Å². The predicted octanol–water partition coefficient (Wildman–Crippen LogP) is 5.14. The molecule has 20 heavy (non-hydrogen) atoms. The van der Waals surface area contributed by atoms with Crippen molar-refractivity contribution in [3.63, 3.8) is 0 Å². The zero-order chi connectivity index (χ0) is 15.3. The van der Waals surface area contributed by atoms with Gasteiger partial charge in [-0.1, -0.05) is 39.8 Å². The SMILES string of the molecule is COc1cccc(C(OC(C)C)=C(C(C)C)C(C)C)c1. The standard InChI is InChI=1S/C18H28O2/c1-12(2)17(13(3)4)18(20-14(5)6)15-9-8-10-16(11-15)19-7/h8-14H,1-7H3. The molecule has 1 rings (SSSR count). The third-order valence-electron chi connectivity index (χ3n) is 3.19. The Kier molecular flexibility index (Phi) is 6.12. The third kappa shape index (κ3) is 4.29. The van der Waals surface area contributed by atoms with Crippen LogP contribution in [-0.4, -0.2) is 13.2 Å². The molecule has 0 fully saturated rings. The van der Waals surface area contributed by atoms with Gasteiger partial charge in [-0.15, -0.1) is 0 Å². The van der Waals surface area contributed by atoms with Gasteiger partial charge in [0, 0.05) is 5.56 Å². The van der Waals surface area contributed by atoms with E-state index in [0.717, 1.165) is 17.1 Å². The van der Waals surface area contributed by atoms with E-state index in [4.69, 9.17) is 9.47 Å². The molecule has 0 bridgehead atoms. The maximum absolute atomic E-state index is 6.14. The first kappa shape index (κ1) is 16.6. The summed E-state index contributed by atoms with van der Waals surface area (Å²) in [7, 11) is 1.69. The Morgan fingerprint density at radius 3 is 2.00 bits per heavy atom.